The molecular formula is C15H18FN3O. The molecular weight excluding hydrogens is 257 g/mol. The lowest BCUT2D eigenvalue weighted by Crippen LogP contribution is -2.45. The first-order chi connectivity index (χ1) is 9.70. The SMILES string of the molecule is N#Cc1cc(F)c(O)c([C@H](C2CC2)N2CCNCC2)c1. The number of hydrogen-bond acceptors (Lipinski definition) is 4. The molecule has 1 saturated heterocycles. The Morgan fingerprint density at radius 2 is 2.05 bits per heavy atom. The maximum absolute atomic E-state index is 13.8. The number of benzene rings is 1. The average molecular weight is 275 g/mol. The second-order valence-electron chi connectivity index (χ2n) is 5.58. The van der Waals surface area contributed by atoms with Crippen LogP contribution in [0.2, 0.25) is 0 Å². The molecule has 3 rings (SSSR count). The molecule has 0 radical (unpaired) electrons. The summed E-state index contributed by atoms with van der Waals surface area (Å²) < 4.78 is 13.8. The summed E-state index contributed by atoms with van der Waals surface area (Å²) in [5.41, 5.74) is 0.849. The zero-order chi connectivity index (χ0) is 14.1. The van der Waals surface area contributed by atoms with E-state index in [4.69, 9.17) is 5.26 Å². The lowest BCUT2D eigenvalue weighted by atomic mass is 9.96. The van der Waals surface area contributed by atoms with Crippen molar-refractivity contribution in [1.82, 2.24) is 10.2 Å². The fraction of sp³-hybridized carbons (Fsp3) is 0.533. The number of rotatable bonds is 3. The number of halogens is 1. The van der Waals surface area contributed by atoms with E-state index in [2.05, 4.69) is 10.2 Å². The Balaban J connectivity index is 1.98. The van der Waals surface area contributed by atoms with E-state index in [1.165, 1.54) is 0 Å². The topological polar surface area (TPSA) is 59.3 Å². The molecule has 1 atom stereocenters. The molecule has 2 fully saturated rings. The van der Waals surface area contributed by atoms with E-state index in [-0.39, 0.29) is 17.4 Å². The van der Waals surface area contributed by atoms with Crippen molar-refractivity contribution in [3.8, 4) is 11.8 Å². The maximum Gasteiger partial charge on any atom is 0.166 e. The van der Waals surface area contributed by atoms with Crippen molar-refractivity contribution in [2.24, 2.45) is 5.92 Å². The Hall–Kier alpha value is -1.64. The smallest absolute Gasteiger partial charge is 0.166 e. The molecule has 1 aliphatic carbocycles. The van der Waals surface area contributed by atoms with Crippen molar-refractivity contribution < 1.29 is 9.50 Å². The fourth-order valence-electron chi connectivity index (χ4n) is 3.03. The van der Waals surface area contributed by atoms with Gasteiger partial charge in [0, 0.05) is 37.8 Å². The van der Waals surface area contributed by atoms with Crippen molar-refractivity contribution in [1.29, 1.82) is 5.26 Å². The van der Waals surface area contributed by atoms with Gasteiger partial charge in [-0.1, -0.05) is 0 Å². The van der Waals surface area contributed by atoms with Crippen LogP contribution in [0.5, 0.6) is 5.75 Å². The molecule has 1 aromatic rings. The van der Waals surface area contributed by atoms with E-state index in [1.54, 1.807) is 6.07 Å². The molecule has 2 aliphatic rings. The van der Waals surface area contributed by atoms with Crippen molar-refractivity contribution in [2.75, 3.05) is 26.2 Å². The zero-order valence-electron chi connectivity index (χ0n) is 11.3. The minimum absolute atomic E-state index is 0.0277. The molecule has 20 heavy (non-hydrogen) atoms. The molecule has 0 spiro atoms. The van der Waals surface area contributed by atoms with Gasteiger partial charge in [-0.05, 0) is 30.9 Å². The summed E-state index contributed by atoms with van der Waals surface area (Å²) in [6, 6.07) is 4.74. The predicted octanol–water partition coefficient (Wildman–Crippen LogP) is 1.76. The number of nitrogens with one attached hydrogen (secondary N) is 1. The van der Waals surface area contributed by atoms with Gasteiger partial charge in [0.1, 0.15) is 0 Å². The molecule has 0 amide bonds. The molecule has 0 unspecified atom stereocenters. The minimum Gasteiger partial charge on any atom is -0.505 e. The van der Waals surface area contributed by atoms with E-state index < -0.39 is 5.82 Å². The molecule has 2 N–H and O–H groups in total. The second-order valence-corrected chi connectivity index (χ2v) is 5.58. The first-order valence-corrected chi connectivity index (χ1v) is 7.08. The highest BCUT2D eigenvalue weighted by Gasteiger charge is 2.38. The van der Waals surface area contributed by atoms with Crippen LogP contribution in [0.15, 0.2) is 12.1 Å². The number of piperazine rings is 1. The summed E-state index contributed by atoms with van der Waals surface area (Å²) in [6.45, 7) is 3.59. The Kier molecular flexibility index (Phi) is 3.60. The van der Waals surface area contributed by atoms with Crippen LogP contribution < -0.4 is 5.32 Å². The molecule has 106 valence electrons. The van der Waals surface area contributed by atoms with Gasteiger partial charge in [-0.25, -0.2) is 4.39 Å². The van der Waals surface area contributed by atoms with E-state index in [0.29, 0.717) is 11.5 Å². The molecule has 5 heteroatoms. The summed E-state index contributed by atoms with van der Waals surface area (Å²) in [7, 11) is 0. The highest BCUT2D eigenvalue weighted by molar-refractivity contribution is 5.44. The third-order valence-electron chi connectivity index (χ3n) is 4.15. The predicted molar refractivity (Wildman–Crippen MR) is 72.7 cm³/mol. The molecule has 1 aliphatic heterocycles. The van der Waals surface area contributed by atoms with Crippen LogP contribution in [-0.4, -0.2) is 36.2 Å². The molecule has 0 bridgehead atoms. The molecule has 0 aromatic heterocycles. The number of phenols is 1. The highest BCUT2D eigenvalue weighted by Crippen LogP contribution is 2.47. The van der Waals surface area contributed by atoms with Crippen LogP contribution in [0.25, 0.3) is 0 Å². The Bertz CT molecular complexity index is 545. The quantitative estimate of drug-likeness (QED) is 0.882. The van der Waals surface area contributed by atoms with E-state index in [1.807, 2.05) is 6.07 Å². The maximum atomic E-state index is 13.8. The largest absolute Gasteiger partial charge is 0.505 e. The monoisotopic (exact) mass is 275 g/mol. The number of hydrogen-bond donors (Lipinski definition) is 2. The van der Waals surface area contributed by atoms with E-state index in [9.17, 15) is 9.50 Å². The van der Waals surface area contributed by atoms with Gasteiger partial charge in [0.15, 0.2) is 11.6 Å². The van der Waals surface area contributed by atoms with E-state index >= 15 is 0 Å². The number of nitrogens with zero attached hydrogens (tertiary/aromatic N) is 2. The summed E-state index contributed by atoms with van der Waals surface area (Å²) >= 11 is 0. The number of phenolic OH excluding ortho intramolecular Hbond substituents is 1. The summed E-state index contributed by atoms with van der Waals surface area (Å²) in [4.78, 5) is 2.30. The van der Waals surface area contributed by atoms with Crippen LogP contribution in [0, 0.1) is 23.1 Å². The van der Waals surface area contributed by atoms with Gasteiger partial charge in [-0.15, -0.1) is 0 Å². The lowest BCUT2D eigenvalue weighted by molar-refractivity contribution is 0.153. The van der Waals surface area contributed by atoms with Crippen LogP contribution in [0.4, 0.5) is 4.39 Å². The van der Waals surface area contributed by atoms with Gasteiger partial charge in [0.25, 0.3) is 0 Å². The third-order valence-corrected chi connectivity index (χ3v) is 4.15. The van der Waals surface area contributed by atoms with Crippen molar-refractivity contribution >= 4 is 0 Å². The van der Waals surface area contributed by atoms with Crippen molar-refractivity contribution in [3.63, 3.8) is 0 Å². The van der Waals surface area contributed by atoms with Gasteiger partial charge in [0.05, 0.1) is 11.6 Å². The number of nitriles is 1. The zero-order valence-corrected chi connectivity index (χ0v) is 11.3. The summed E-state index contributed by atoms with van der Waals surface area (Å²) in [5, 5.41) is 22.4. The molecule has 1 heterocycles. The fourth-order valence-corrected chi connectivity index (χ4v) is 3.03. The standard InChI is InChI=1S/C15H18FN3O/c16-13-8-10(9-17)7-12(15(13)20)14(11-1-2-11)19-5-3-18-4-6-19/h7-8,11,14,18,20H,1-6H2/t14-/m0/s1. The normalized spacial score (nSPS) is 21.4. The Labute approximate surface area is 117 Å². The molecule has 4 nitrogen and oxygen atoms in total. The van der Waals surface area contributed by atoms with Crippen molar-refractivity contribution in [2.45, 2.75) is 18.9 Å². The molecule has 1 aromatic carbocycles. The summed E-state index contributed by atoms with van der Waals surface area (Å²) in [6.07, 6.45) is 2.21. The highest BCUT2D eigenvalue weighted by atomic mass is 19.1. The van der Waals surface area contributed by atoms with Crippen LogP contribution in [0.1, 0.15) is 30.0 Å². The lowest BCUT2D eigenvalue weighted by Gasteiger charge is -2.35. The second kappa shape index (κ2) is 5.39. The first kappa shape index (κ1) is 13.3. The van der Waals surface area contributed by atoms with Gasteiger partial charge in [0.2, 0.25) is 0 Å². The van der Waals surface area contributed by atoms with E-state index in [0.717, 1.165) is 45.1 Å². The molecule has 1 saturated carbocycles. The van der Waals surface area contributed by atoms with Crippen LogP contribution in [0.3, 0.4) is 0 Å². The average Bonchev–Trinajstić information content (AvgIpc) is 3.29. The Morgan fingerprint density at radius 1 is 1.35 bits per heavy atom. The minimum atomic E-state index is -0.695. The Morgan fingerprint density at radius 3 is 2.65 bits per heavy atom. The van der Waals surface area contributed by atoms with Gasteiger partial charge < -0.3 is 10.4 Å². The third kappa shape index (κ3) is 2.49. The van der Waals surface area contributed by atoms with Crippen LogP contribution in [-0.2, 0) is 0 Å². The van der Waals surface area contributed by atoms with Crippen molar-refractivity contribution in [3.05, 3.63) is 29.1 Å². The van der Waals surface area contributed by atoms with Gasteiger partial charge >= 0.3 is 0 Å². The van der Waals surface area contributed by atoms with Gasteiger partial charge in [-0.3, -0.25) is 4.90 Å². The summed E-state index contributed by atoms with van der Waals surface area (Å²) in [5.74, 6) is -0.522. The number of aromatic hydroxyl groups is 1. The van der Waals surface area contributed by atoms with Gasteiger partial charge in [-0.2, -0.15) is 5.26 Å². The first-order valence-electron chi connectivity index (χ1n) is 7.08. The van der Waals surface area contributed by atoms with Crippen LogP contribution >= 0.6 is 0 Å².